The largest absolute Gasteiger partial charge is 0.478 e. The number of aliphatic carboxylic acids is 1. The van der Waals surface area contributed by atoms with Gasteiger partial charge in [0.25, 0.3) is 0 Å². The molecule has 3 N–H and O–H groups in total. The summed E-state index contributed by atoms with van der Waals surface area (Å²) in [4.78, 5) is 24.1. The minimum atomic E-state index is -0.871. The number of carboxylic acid groups (broad SMARTS) is 1. The summed E-state index contributed by atoms with van der Waals surface area (Å²) in [7, 11) is 0. The average molecular weight is 660 g/mol. The minimum absolute atomic E-state index is 0.174. The molecule has 0 aromatic heterocycles. The van der Waals surface area contributed by atoms with E-state index in [-0.39, 0.29) is 5.92 Å². The molecule has 0 aliphatic carbocycles. The van der Waals surface area contributed by atoms with Gasteiger partial charge in [0.05, 0.1) is 0 Å². The van der Waals surface area contributed by atoms with Crippen LogP contribution < -0.4 is 5.73 Å². The fraction of sp³-hybridized carbons (Fsp3) is 0.860. The summed E-state index contributed by atoms with van der Waals surface area (Å²) in [6.07, 6.45) is 45.8. The molecule has 0 saturated carbocycles. The second kappa shape index (κ2) is 35.7. The van der Waals surface area contributed by atoms with E-state index < -0.39 is 11.9 Å². The monoisotopic (exact) mass is 660 g/mol. The highest BCUT2D eigenvalue weighted by Crippen LogP contribution is 2.23. The number of primary amides is 1. The van der Waals surface area contributed by atoms with Crippen LogP contribution in [-0.2, 0) is 9.59 Å². The normalized spacial score (nSPS) is 12.9. The van der Waals surface area contributed by atoms with Gasteiger partial charge in [0.15, 0.2) is 0 Å². The van der Waals surface area contributed by atoms with Crippen LogP contribution in [0.15, 0.2) is 23.3 Å². The van der Waals surface area contributed by atoms with E-state index in [0.29, 0.717) is 17.6 Å². The highest BCUT2D eigenvalue weighted by Gasteiger charge is 2.18. The second-order valence-corrected chi connectivity index (χ2v) is 14.6. The molecule has 4 heteroatoms. The summed E-state index contributed by atoms with van der Waals surface area (Å²) < 4.78 is 0. The number of carboxylic acids is 1. The lowest BCUT2D eigenvalue weighted by Crippen LogP contribution is -2.20. The first-order valence-corrected chi connectivity index (χ1v) is 20.9. The van der Waals surface area contributed by atoms with Crippen LogP contribution >= 0.6 is 0 Å². The Morgan fingerprint density at radius 3 is 1.04 bits per heavy atom. The third kappa shape index (κ3) is 31.4. The van der Waals surface area contributed by atoms with E-state index in [1.54, 1.807) is 0 Å². The number of carbonyl (C=O) groups excluding carboxylic acids is 1. The molecule has 276 valence electrons. The summed E-state index contributed by atoms with van der Waals surface area (Å²) in [6, 6.07) is 0. The summed E-state index contributed by atoms with van der Waals surface area (Å²) in [5, 5.41) is 9.79. The van der Waals surface area contributed by atoms with Gasteiger partial charge < -0.3 is 10.8 Å². The molecule has 0 fully saturated rings. The number of allylic oxidation sites excluding steroid dienone is 2. The minimum Gasteiger partial charge on any atom is -0.478 e. The van der Waals surface area contributed by atoms with E-state index in [4.69, 9.17) is 5.73 Å². The SMILES string of the molecule is CCCCCCCCCCCCCCCCC/C=C(\CC(C)/C(=C\CCCCCCCCCCCCCCCCC)C(N)=O)C(=O)O. The Labute approximate surface area is 293 Å². The third-order valence-corrected chi connectivity index (χ3v) is 9.99. The van der Waals surface area contributed by atoms with Gasteiger partial charge in [-0.15, -0.1) is 0 Å². The summed E-state index contributed by atoms with van der Waals surface area (Å²) >= 11 is 0. The molecule has 0 aliphatic heterocycles. The van der Waals surface area contributed by atoms with Crippen molar-refractivity contribution in [2.24, 2.45) is 11.7 Å². The van der Waals surface area contributed by atoms with Gasteiger partial charge in [0, 0.05) is 11.1 Å². The van der Waals surface area contributed by atoms with E-state index in [1.165, 1.54) is 173 Å². The van der Waals surface area contributed by atoms with Crippen molar-refractivity contribution in [3.8, 4) is 0 Å². The highest BCUT2D eigenvalue weighted by atomic mass is 16.4. The van der Waals surface area contributed by atoms with Gasteiger partial charge in [-0.05, 0) is 38.0 Å². The predicted molar refractivity (Wildman–Crippen MR) is 206 cm³/mol. The maximum atomic E-state index is 12.2. The average Bonchev–Trinajstić information content (AvgIpc) is 3.05. The summed E-state index contributed by atoms with van der Waals surface area (Å²) in [5.74, 6) is -1.46. The molecule has 1 atom stereocenters. The number of unbranched alkanes of at least 4 members (excludes halogenated alkanes) is 30. The maximum Gasteiger partial charge on any atom is 0.331 e. The lowest BCUT2D eigenvalue weighted by atomic mass is 9.91. The number of nitrogens with two attached hydrogens (primary N) is 1. The van der Waals surface area contributed by atoms with Gasteiger partial charge in [0.2, 0.25) is 5.91 Å². The van der Waals surface area contributed by atoms with Crippen LogP contribution in [-0.4, -0.2) is 17.0 Å². The zero-order valence-corrected chi connectivity index (χ0v) is 31.9. The van der Waals surface area contributed by atoms with Crippen molar-refractivity contribution >= 4 is 11.9 Å². The Kier molecular flexibility index (Phi) is 34.5. The van der Waals surface area contributed by atoms with E-state index >= 15 is 0 Å². The molecule has 47 heavy (non-hydrogen) atoms. The lowest BCUT2D eigenvalue weighted by molar-refractivity contribution is -0.133. The van der Waals surface area contributed by atoms with Crippen molar-refractivity contribution in [1.82, 2.24) is 0 Å². The topological polar surface area (TPSA) is 80.4 Å². The second-order valence-electron chi connectivity index (χ2n) is 14.6. The molecule has 0 saturated heterocycles. The lowest BCUT2D eigenvalue weighted by Gasteiger charge is -2.14. The first-order valence-electron chi connectivity index (χ1n) is 20.9. The smallest absolute Gasteiger partial charge is 0.331 e. The molecule has 0 aromatic carbocycles. The van der Waals surface area contributed by atoms with Gasteiger partial charge in [0.1, 0.15) is 0 Å². The highest BCUT2D eigenvalue weighted by molar-refractivity contribution is 5.93. The van der Waals surface area contributed by atoms with Crippen LogP contribution in [0, 0.1) is 5.92 Å². The number of carbonyl (C=O) groups is 2. The zero-order chi connectivity index (χ0) is 34.6. The first kappa shape index (κ1) is 45.4. The standard InChI is InChI=1S/C43H81NO3/c1-4-6-8-10-12-14-16-18-20-22-24-26-28-30-32-34-36-40(43(46)47)38-39(3)41(42(44)45)37-35-33-31-29-27-25-23-21-19-17-15-13-11-9-7-5-2/h36-37,39H,4-35,38H2,1-3H3,(H2,44,45)(H,46,47)/b40-36+,41-37+. The third-order valence-electron chi connectivity index (χ3n) is 9.99. The predicted octanol–water partition coefficient (Wildman–Crippen LogP) is 14.0. The van der Waals surface area contributed by atoms with Crippen LogP contribution in [0.4, 0.5) is 0 Å². The zero-order valence-electron chi connectivity index (χ0n) is 31.9. The van der Waals surface area contributed by atoms with Gasteiger partial charge in [-0.1, -0.05) is 213 Å². The number of rotatable bonds is 37. The molecule has 0 radical (unpaired) electrons. The maximum absolute atomic E-state index is 12.2. The molecule has 0 rings (SSSR count). The van der Waals surface area contributed by atoms with E-state index in [9.17, 15) is 14.7 Å². The van der Waals surface area contributed by atoms with Crippen LogP contribution in [0.25, 0.3) is 0 Å². The van der Waals surface area contributed by atoms with E-state index in [2.05, 4.69) is 13.8 Å². The first-order chi connectivity index (χ1) is 22.9. The Hall–Kier alpha value is -1.58. The molecule has 4 nitrogen and oxygen atoms in total. The van der Waals surface area contributed by atoms with Crippen molar-refractivity contribution in [2.75, 3.05) is 0 Å². The van der Waals surface area contributed by atoms with Crippen molar-refractivity contribution in [2.45, 2.75) is 233 Å². The molecule has 0 bridgehead atoms. The van der Waals surface area contributed by atoms with Gasteiger partial charge in [-0.25, -0.2) is 4.79 Å². The fourth-order valence-corrected chi connectivity index (χ4v) is 6.81. The molecule has 0 heterocycles. The Balaban J connectivity index is 4.01. The summed E-state index contributed by atoms with van der Waals surface area (Å²) in [5.41, 5.74) is 6.73. The Bertz CT molecular complexity index is 771. The molecule has 0 spiro atoms. The molecular formula is C43H81NO3. The van der Waals surface area contributed by atoms with Gasteiger partial charge >= 0.3 is 5.97 Å². The van der Waals surface area contributed by atoms with Crippen molar-refractivity contribution in [1.29, 1.82) is 0 Å². The van der Waals surface area contributed by atoms with Crippen LogP contribution in [0.5, 0.6) is 0 Å². The molecular weight excluding hydrogens is 578 g/mol. The van der Waals surface area contributed by atoms with Crippen LogP contribution in [0.3, 0.4) is 0 Å². The van der Waals surface area contributed by atoms with Crippen molar-refractivity contribution in [3.05, 3.63) is 23.3 Å². The van der Waals surface area contributed by atoms with Crippen LogP contribution in [0.1, 0.15) is 233 Å². The molecule has 1 unspecified atom stereocenters. The molecule has 1 amide bonds. The summed E-state index contributed by atoms with van der Waals surface area (Å²) in [6.45, 7) is 6.49. The Morgan fingerprint density at radius 2 is 0.766 bits per heavy atom. The molecule has 0 aliphatic rings. The van der Waals surface area contributed by atoms with E-state index in [1.807, 2.05) is 19.1 Å². The van der Waals surface area contributed by atoms with Crippen molar-refractivity contribution < 1.29 is 14.7 Å². The van der Waals surface area contributed by atoms with E-state index in [0.717, 1.165) is 32.1 Å². The molecule has 0 aromatic rings. The van der Waals surface area contributed by atoms with Gasteiger partial charge in [-0.3, -0.25) is 4.79 Å². The number of hydrogen-bond donors (Lipinski definition) is 2. The van der Waals surface area contributed by atoms with Gasteiger partial charge in [-0.2, -0.15) is 0 Å². The van der Waals surface area contributed by atoms with Crippen LogP contribution in [0.2, 0.25) is 0 Å². The van der Waals surface area contributed by atoms with Crippen molar-refractivity contribution in [3.63, 3.8) is 0 Å². The fourth-order valence-electron chi connectivity index (χ4n) is 6.81. The number of amides is 1. The number of hydrogen-bond acceptors (Lipinski definition) is 2. The quantitative estimate of drug-likeness (QED) is 0.0514. The Morgan fingerprint density at radius 1 is 0.489 bits per heavy atom.